The summed E-state index contributed by atoms with van der Waals surface area (Å²) in [7, 11) is 0. The molecule has 0 saturated heterocycles. The maximum absolute atomic E-state index is 12.8. The molecular weight excluding hydrogens is 358 g/mol. The SMILES string of the molecule is C=C1c2ccccc2C(CC(=O)CCC(C)C)N1c1ccc2ccc(C)nc2n1. The lowest BCUT2D eigenvalue weighted by molar-refractivity contribution is -0.119. The summed E-state index contributed by atoms with van der Waals surface area (Å²) in [6.07, 6.45) is 2.00. The van der Waals surface area contributed by atoms with Crippen molar-refractivity contribution in [3.8, 4) is 0 Å². The van der Waals surface area contributed by atoms with Gasteiger partial charge < -0.3 is 4.90 Å². The van der Waals surface area contributed by atoms with Crippen molar-refractivity contribution >= 4 is 28.3 Å². The fraction of sp³-hybridized carbons (Fsp3) is 0.320. The Morgan fingerprint density at radius 3 is 2.66 bits per heavy atom. The third kappa shape index (κ3) is 3.80. The standard InChI is InChI=1S/C25H27N3O/c1-16(2)9-13-20(29)15-23-22-8-6-5-7-21(22)18(4)28(23)24-14-12-19-11-10-17(3)26-25(19)27-24/h5-8,10-12,14,16,23H,4,9,13,15H2,1-3H3. The van der Waals surface area contributed by atoms with Gasteiger partial charge in [-0.1, -0.05) is 44.7 Å². The van der Waals surface area contributed by atoms with Crippen molar-refractivity contribution in [2.45, 2.75) is 46.1 Å². The predicted octanol–water partition coefficient (Wildman–Crippen LogP) is 5.87. The molecule has 0 spiro atoms. The monoisotopic (exact) mass is 385 g/mol. The molecule has 0 radical (unpaired) electrons. The molecule has 0 amide bonds. The molecule has 0 fully saturated rings. The molecule has 0 aliphatic carbocycles. The van der Waals surface area contributed by atoms with E-state index in [1.807, 2.05) is 43.3 Å². The summed E-state index contributed by atoms with van der Waals surface area (Å²) in [5, 5.41) is 1.01. The topological polar surface area (TPSA) is 46.1 Å². The maximum Gasteiger partial charge on any atom is 0.161 e. The Labute approximate surface area is 172 Å². The Balaban J connectivity index is 1.72. The minimum atomic E-state index is -0.0758. The zero-order valence-electron chi connectivity index (χ0n) is 17.4. The van der Waals surface area contributed by atoms with Gasteiger partial charge in [0.2, 0.25) is 0 Å². The molecule has 0 N–H and O–H groups in total. The van der Waals surface area contributed by atoms with E-state index in [9.17, 15) is 4.79 Å². The number of carbonyl (C=O) groups excluding carboxylic acids is 1. The van der Waals surface area contributed by atoms with Crippen LogP contribution in [0.3, 0.4) is 0 Å². The van der Waals surface area contributed by atoms with E-state index >= 15 is 0 Å². The first-order valence-corrected chi connectivity index (χ1v) is 10.3. The Morgan fingerprint density at radius 1 is 1.10 bits per heavy atom. The highest BCUT2D eigenvalue weighted by Crippen LogP contribution is 2.45. The van der Waals surface area contributed by atoms with Gasteiger partial charge in [-0.05, 0) is 49.1 Å². The number of rotatable bonds is 6. The second-order valence-corrected chi connectivity index (χ2v) is 8.26. The quantitative estimate of drug-likeness (QED) is 0.533. The van der Waals surface area contributed by atoms with E-state index in [0.717, 1.165) is 45.8 Å². The van der Waals surface area contributed by atoms with Crippen LogP contribution in [-0.2, 0) is 4.79 Å². The number of aromatic nitrogens is 2. The highest BCUT2D eigenvalue weighted by molar-refractivity contribution is 5.89. The van der Waals surface area contributed by atoms with Crippen molar-refractivity contribution in [3.63, 3.8) is 0 Å². The van der Waals surface area contributed by atoms with Crippen LogP contribution in [0.1, 0.15) is 56.0 Å². The van der Waals surface area contributed by atoms with Crippen molar-refractivity contribution in [2.24, 2.45) is 5.92 Å². The molecule has 29 heavy (non-hydrogen) atoms. The number of pyridine rings is 2. The van der Waals surface area contributed by atoms with Crippen LogP contribution in [0.4, 0.5) is 5.82 Å². The van der Waals surface area contributed by atoms with Gasteiger partial charge in [0.1, 0.15) is 11.6 Å². The molecule has 1 aliphatic heterocycles. The summed E-state index contributed by atoms with van der Waals surface area (Å²) in [4.78, 5) is 24.3. The third-order valence-electron chi connectivity index (χ3n) is 5.58. The lowest BCUT2D eigenvalue weighted by atomic mass is 9.97. The zero-order valence-corrected chi connectivity index (χ0v) is 17.4. The van der Waals surface area contributed by atoms with E-state index in [-0.39, 0.29) is 11.8 Å². The van der Waals surface area contributed by atoms with Crippen LogP contribution in [0.2, 0.25) is 0 Å². The molecule has 1 aromatic carbocycles. The van der Waals surface area contributed by atoms with Crippen LogP contribution in [-0.4, -0.2) is 15.8 Å². The number of nitrogens with zero attached hydrogens (tertiary/aromatic N) is 3. The van der Waals surface area contributed by atoms with E-state index in [0.29, 0.717) is 18.8 Å². The lowest BCUT2D eigenvalue weighted by Crippen LogP contribution is -2.24. The fourth-order valence-corrected chi connectivity index (χ4v) is 3.99. The first-order chi connectivity index (χ1) is 13.9. The second-order valence-electron chi connectivity index (χ2n) is 8.26. The van der Waals surface area contributed by atoms with Crippen molar-refractivity contribution in [3.05, 3.63) is 71.9 Å². The van der Waals surface area contributed by atoms with E-state index in [2.05, 4.69) is 42.4 Å². The van der Waals surface area contributed by atoms with Crippen LogP contribution in [0.25, 0.3) is 16.7 Å². The molecule has 0 bridgehead atoms. The van der Waals surface area contributed by atoms with Crippen LogP contribution >= 0.6 is 0 Å². The largest absolute Gasteiger partial charge is 0.318 e. The summed E-state index contributed by atoms with van der Waals surface area (Å²) < 4.78 is 0. The van der Waals surface area contributed by atoms with E-state index < -0.39 is 0 Å². The first kappa shape index (κ1) is 19.3. The smallest absolute Gasteiger partial charge is 0.161 e. The molecule has 3 heterocycles. The number of hydrogen-bond acceptors (Lipinski definition) is 4. The van der Waals surface area contributed by atoms with Gasteiger partial charge in [0.05, 0.1) is 6.04 Å². The molecule has 0 saturated carbocycles. The van der Waals surface area contributed by atoms with E-state index in [4.69, 9.17) is 4.98 Å². The van der Waals surface area contributed by atoms with Gasteiger partial charge in [0.25, 0.3) is 0 Å². The molecule has 3 aromatic rings. The number of benzene rings is 1. The number of hydrogen-bond donors (Lipinski definition) is 0. The minimum Gasteiger partial charge on any atom is -0.318 e. The van der Waals surface area contributed by atoms with Crippen LogP contribution in [0.15, 0.2) is 55.1 Å². The Kier molecular flexibility index (Phi) is 5.18. The van der Waals surface area contributed by atoms with Gasteiger partial charge in [0.15, 0.2) is 5.65 Å². The van der Waals surface area contributed by atoms with Gasteiger partial charge >= 0.3 is 0 Å². The molecular formula is C25H27N3O. The molecule has 2 aromatic heterocycles. The van der Waals surface area contributed by atoms with Crippen LogP contribution < -0.4 is 4.90 Å². The van der Waals surface area contributed by atoms with Gasteiger partial charge in [0, 0.05) is 35.2 Å². The van der Waals surface area contributed by atoms with E-state index in [1.165, 1.54) is 0 Å². The van der Waals surface area contributed by atoms with Crippen molar-refractivity contribution < 1.29 is 4.79 Å². The normalized spacial score (nSPS) is 15.9. The van der Waals surface area contributed by atoms with Crippen LogP contribution in [0, 0.1) is 12.8 Å². The summed E-state index contributed by atoms with van der Waals surface area (Å²) in [5.74, 6) is 1.60. The summed E-state index contributed by atoms with van der Waals surface area (Å²) in [6.45, 7) is 10.6. The van der Waals surface area contributed by atoms with Gasteiger partial charge in [-0.15, -0.1) is 0 Å². The van der Waals surface area contributed by atoms with Crippen molar-refractivity contribution in [1.29, 1.82) is 0 Å². The molecule has 4 heteroatoms. The van der Waals surface area contributed by atoms with E-state index in [1.54, 1.807) is 0 Å². The average Bonchev–Trinajstić information content (AvgIpc) is 2.98. The van der Waals surface area contributed by atoms with Crippen molar-refractivity contribution in [1.82, 2.24) is 9.97 Å². The molecule has 1 atom stereocenters. The van der Waals surface area contributed by atoms with Gasteiger partial charge in [-0.3, -0.25) is 4.79 Å². The zero-order chi connectivity index (χ0) is 20.5. The molecule has 4 nitrogen and oxygen atoms in total. The van der Waals surface area contributed by atoms with Crippen molar-refractivity contribution in [2.75, 3.05) is 4.90 Å². The number of anilines is 1. The number of carbonyl (C=O) groups is 1. The fourth-order valence-electron chi connectivity index (χ4n) is 3.99. The minimum absolute atomic E-state index is 0.0758. The van der Waals surface area contributed by atoms with Gasteiger partial charge in [-0.2, -0.15) is 0 Å². The number of aryl methyl sites for hydroxylation is 1. The number of Topliss-reactive ketones (excluding diaryl/α,β-unsaturated/α-hetero) is 1. The second kappa shape index (κ2) is 7.78. The first-order valence-electron chi connectivity index (χ1n) is 10.3. The molecule has 1 unspecified atom stereocenters. The highest BCUT2D eigenvalue weighted by Gasteiger charge is 2.35. The maximum atomic E-state index is 12.8. The molecule has 148 valence electrons. The highest BCUT2D eigenvalue weighted by atomic mass is 16.1. The number of fused-ring (bicyclic) bond motifs is 2. The average molecular weight is 386 g/mol. The Morgan fingerprint density at radius 2 is 1.86 bits per heavy atom. The van der Waals surface area contributed by atoms with Gasteiger partial charge in [-0.25, -0.2) is 9.97 Å². The molecule has 4 rings (SSSR count). The Bertz CT molecular complexity index is 1090. The summed E-state index contributed by atoms with van der Waals surface area (Å²) in [5.41, 5.74) is 4.78. The third-order valence-corrected chi connectivity index (χ3v) is 5.58. The lowest BCUT2D eigenvalue weighted by Gasteiger charge is -2.27. The summed E-state index contributed by atoms with van der Waals surface area (Å²) >= 11 is 0. The summed E-state index contributed by atoms with van der Waals surface area (Å²) in [6, 6.07) is 16.2. The van der Waals surface area contributed by atoms with Crippen LogP contribution in [0.5, 0.6) is 0 Å². The Hall–Kier alpha value is -3.01. The predicted molar refractivity (Wildman–Crippen MR) is 119 cm³/mol. The molecule has 1 aliphatic rings. The number of ketones is 1.